The van der Waals surface area contributed by atoms with Gasteiger partial charge in [-0.2, -0.15) is 13.2 Å². The Hall–Kier alpha value is -1.80. The molecule has 0 aromatic heterocycles. The van der Waals surface area contributed by atoms with E-state index < -0.39 is 30.1 Å². The van der Waals surface area contributed by atoms with Gasteiger partial charge in [-0.25, -0.2) is 4.79 Å². The lowest BCUT2D eigenvalue weighted by atomic mass is 9.98. The Kier molecular flexibility index (Phi) is 5.78. The molecule has 9 heteroatoms. The normalized spacial score (nSPS) is 14.1. The average Bonchev–Trinajstić information content (AvgIpc) is 2.37. The van der Waals surface area contributed by atoms with Crippen molar-refractivity contribution < 1.29 is 32.6 Å². The molecule has 0 spiro atoms. The van der Waals surface area contributed by atoms with Gasteiger partial charge >= 0.3 is 12.1 Å². The van der Waals surface area contributed by atoms with E-state index in [-0.39, 0.29) is 17.3 Å². The molecule has 1 aromatic rings. The second-order valence-electron chi connectivity index (χ2n) is 4.31. The number of ether oxygens (including phenoxy) is 1. The fourth-order valence-electron chi connectivity index (χ4n) is 1.54. The van der Waals surface area contributed by atoms with Crippen LogP contribution in [0.5, 0.6) is 0 Å². The number of alkyl halides is 3. The Labute approximate surface area is 129 Å². The van der Waals surface area contributed by atoms with E-state index in [0.717, 1.165) is 0 Å². The minimum absolute atomic E-state index is 0.130. The molecule has 1 aromatic carbocycles. The smallest absolute Gasteiger partial charge is 0.428 e. The first-order valence-electron chi connectivity index (χ1n) is 6.12. The van der Waals surface area contributed by atoms with Gasteiger partial charge in [0.1, 0.15) is 0 Å². The third-order valence-electron chi connectivity index (χ3n) is 2.61. The van der Waals surface area contributed by atoms with Crippen molar-refractivity contribution in [2.24, 2.45) is 0 Å². The number of carbonyl (C=O) groups is 2. The van der Waals surface area contributed by atoms with Crippen LogP contribution in [0, 0.1) is 0 Å². The molecule has 0 unspecified atom stereocenters. The summed E-state index contributed by atoms with van der Waals surface area (Å²) in [5, 5.41) is 11.9. The average molecular weight is 340 g/mol. The SMILES string of the molecule is CCOC(=O)[C@](O)(CC(=O)Nc1cccc(Cl)c1)C(F)(F)F. The topological polar surface area (TPSA) is 75.6 Å². The highest BCUT2D eigenvalue weighted by molar-refractivity contribution is 6.30. The molecule has 2 N–H and O–H groups in total. The molecular weight excluding hydrogens is 327 g/mol. The van der Waals surface area contributed by atoms with Gasteiger partial charge in [-0.3, -0.25) is 4.79 Å². The summed E-state index contributed by atoms with van der Waals surface area (Å²) in [4.78, 5) is 23.0. The van der Waals surface area contributed by atoms with E-state index in [4.69, 9.17) is 11.6 Å². The van der Waals surface area contributed by atoms with E-state index in [1.165, 1.54) is 31.2 Å². The molecular formula is C13H13ClF3NO4. The Morgan fingerprint density at radius 1 is 1.36 bits per heavy atom. The number of nitrogens with one attached hydrogen (secondary N) is 1. The highest BCUT2D eigenvalue weighted by atomic mass is 35.5. The summed E-state index contributed by atoms with van der Waals surface area (Å²) in [7, 11) is 0. The predicted octanol–water partition coefficient (Wildman–Crippen LogP) is 2.53. The van der Waals surface area contributed by atoms with Crippen LogP contribution in [0.25, 0.3) is 0 Å². The number of hydrogen-bond donors (Lipinski definition) is 2. The molecule has 22 heavy (non-hydrogen) atoms. The largest absolute Gasteiger partial charge is 0.464 e. The zero-order valence-corrected chi connectivity index (χ0v) is 12.2. The molecule has 1 amide bonds. The van der Waals surface area contributed by atoms with E-state index in [9.17, 15) is 27.9 Å². The van der Waals surface area contributed by atoms with Crippen LogP contribution in [0.2, 0.25) is 5.02 Å². The summed E-state index contributed by atoms with van der Waals surface area (Å²) in [6.45, 7) is 0.911. The monoisotopic (exact) mass is 339 g/mol. The van der Waals surface area contributed by atoms with Crippen molar-refractivity contribution in [2.75, 3.05) is 11.9 Å². The standard InChI is InChI=1S/C13H13ClF3NO4/c1-2-22-11(20)12(21,13(15,16)17)7-10(19)18-9-5-3-4-8(14)6-9/h3-6,21H,2,7H2,1H3,(H,18,19)/t12-/m1/s1. The van der Waals surface area contributed by atoms with Gasteiger partial charge in [0.15, 0.2) is 0 Å². The third kappa shape index (κ3) is 4.35. The highest BCUT2D eigenvalue weighted by Gasteiger charge is 2.61. The molecule has 5 nitrogen and oxygen atoms in total. The van der Waals surface area contributed by atoms with E-state index in [2.05, 4.69) is 10.1 Å². The fraction of sp³-hybridized carbons (Fsp3) is 0.385. The number of halogens is 4. The van der Waals surface area contributed by atoms with Crippen molar-refractivity contribution in [1.29, 1.82) is 0 Å². The lowest BCUT2D eigenvalue weighted by Crippen LogP contribution is -2.54. The Morgan fingerprint density at radius 2 is 2.00 bits per heavy atom. The van der Waals surface area contributed by atoms with E-state index in [0.29, 0.717) is 0 Å². The molecule has 0 saturated heterocycles. The zero-order chi connectivity index (χ0) is 17.0. The Morgan fingerprint density at radius 3 is 2.50 bits per heavy atom. The van der Waals surface area contributed by atoms with Gasteiger partial charge in [-0.05, 0) is 25.1 Å². The molecule has 1 atom stereocenters. The zero-order valence-electron chi connectivity index (χ0n) is 11.4. The quantitative estimate of drug-likeness (QED) is 0.808. The van der Waals surface area contributed by atoms with Crippen LogP contribution in [0.1, 0.15) is 13.3 Å². The second kappa shape index (κ2) is 6.97. The number of hydrogen-bond acceptors (Lipinski definition) is 4. The van der Waals surface area contributed by atoms with Crippen LogP contribution < -0.4 is 5.32 Å². The molecule has 1 rings (SSSR count). The number of amides is 1. The Balaban J connectivity index is 2.90. The molecule has 0 fully saturated rings. The van der Waals surface area contributed by atoms with Gasteiger partial charge in [-0.1, -0.05) is 17.7 Å². The number of anilines is 1. The summed E-state index contributed by atoms with van der Waals surface area (Å²) in [6.07, 6.45) is -6.88. The number of carbonyl (C=O) groups excluding carboxylic acids is 2. The third-order valence-corrected chi connectivity index (χ3v) is 2.84. The van der Waals surface area contributed by atoms with Crippen molar-refractivity contribution >= 4 is 29.2 Å². The number of aliphatic hydroxyl groups is 1. The van der Waals surface area contributed by atoms with Gasteiger partial charge in [0.05, 0.1) is 13.0 Å². The number of rotatable bonds is 5. The molecule has 0 heterocycles. The van der Waals surface area contributed by atoms with Crippen LogP contribution >= 0.6 is 11.6 Å². The predicted molar refractivity (Wildman–Crippen MR) is 72.3 cm³/mol. The summed E-state index contributed by atoms with van der Waals surface area (Å²) in [5.41, 5.74) is -3.78. The fourth-order valence-corrected chi connectivity index (χ4v) is 1.73. The first-order valence-corrected chi connectivity index (χ1v) is 6.49. The van der Waals surface area contributed by atoms with Crippen LogP contribution in [0.15, 0.2) is 24.3 Å². The molecule has 0 saturated carbocycles. The molecule has 0 radical (unpaired) electrons. The molecule has 0 aliphatic rings. The summed E-state index contributed by atoms with van der Waals surface area (Å²) >= 11 is 5.67. The van der Waals surface area contributed by atoms with Crippen LogP contribution in [-0.4, -0.2) is 35.4 Å². The lowest BCUT2D eigenvalue weighted by Gasteiger charge is -2.27. The first-order chi connectivity index (χ1) is 10.1. The van der Waals surface area contributed by atoms with Crippen molar-refractivity contribution in [3.8, 4) is 0 Å². The van der Waals surface area contributed by atoms with Crippen molar-refractivity contribution in [3.05, 3.63) is 29.3 Å². The molecule has 0 aliphatic carbocycles. The van der Waals surface area contributed by atoms with Crippen molar-refractivity contribution in [3.63, 3.8) is 0 Å². The van der Waals surface area contributed by atoms with Gasteiger partial charge in [-0.15, -0.1) is 0 Å². The molecule has 0 bridgehead atoms. The van der Waals surface area contributed by atoms with Gasteiger partial charge in [0, 0.05) is 10.7 Å². The Bertz CT molecular complexity index is 564. The minimum Gasteiger partial charge on any atom is -0.464 e. The maximum absolute atomic E-state index is 12.9. The van der Waals surface area contributed by atoms with E-state index in [1.807, 2.05) is 0 Å². The van der Waals surface area contributed by atoms with Crippen LogP contribution in [-0.2, 0) is 14.3 Å². The van der Waals surface area contributed by atoms with Gasteiger partial charge < -0.3 is 15.2 Å². The minimum atomic E-state index is -5.36. The first kappa shape index (κ1) is 18.2. The molecule has 122 valence electrons. The van der Waals surface area contributed by atoms with Crippen LogP contribution in [0.3, 0.4) is 0 Å². The lowest BCUT2D eigenvalue weighted by molar-refractivity contribution is -0.262. The van der Waals surface area contributed by atoms with Gasteiger partial charge in [0.25, 0.3) is 5.60 Å². The van der Waals surface area contributed by atoms with Crippen molar-refractivity contribution in [2.45, 2.75) is 25.1 Å². The summed E-state index contributed by atoms with van der Waals surface area (Å²) in [5.74, 6) is -3.14. The number of benzene rings is 1. The molecule has 0 aliphatic heterocycles. The number of esters is 1. The van der Waals surface area contributed by atoms with E-state index in [1.54, 1.807) is 0 Å². The maximum Gasteiger partial charge on any atom is 0.428 e. The van der Waals surface area contributed by atoms with Crippen molar-refractivity contribution in [1.82, 2.24) is 0 Å². The van der Waals surface area contributed by atoms with Gasteiger partial charge in [0.2, 0.25) is 5.91 Å². The highest BCUT2D eigenvalue weighted by Crippen LogP contribution is 2.34. The summed E-state index contributed by atoms with van der Waals surface area (Å²) in [6, 6.07) is 5.67. The van der Waals surface area contributed by atoms with Crippen LogP contribution in [0.4, 0.5) is 18.9 Å². The summed E-state index contributed by atoms with van der Waals surface area (Å²) < 4.78 is 42.9. The maximum atomic E-state index is 12.9. The van der Waals surface area contributed by atoms with E-state index >= 15 is 0 Å². The second-order valence-corrected chi connectivity index (χ2v) is 4.75.